The Kier molecular flexibility index (Phi) is 3.54. The highest BCUT2D eigenvalue weighted by molar-refractivity contribution is 5.43. The molecule has 4 heteroatoms. The number of aryl methyl sites for hydroxylation is 1. The molecule has 0 aliphatic heterocycles. The molecule has 0 saturated carbocycles. The molecule has 3 nitrogen and oxygen atoms in total. The van der Waals surface area contributed by atoms with E-state index in [0.29, 0.717) is 11.3 Å². The van der Waals surface area contributed by atoms with Crippen LogP contribution in [0.1, 0.15) is 24.7 Å². The smallest absolute Gasteiger partial charge is 0.147 e. The van der Waals surface area contributed by atoms with Gasteiger partial charge in [0.15, 0.2) is 0 Å². The number of aliphatic hydroxyl groups excluding tert-OH is 1. The van der Waals surface area contributed by atoms with Crippen molar-refractivity contribution >= 4 is 0 Å². The van der Waals surface area contributed by atoms with Crippen LogP contribution in [-0.2, 0) is 13.0 Å². The Balaban J connectivity index is 2.55. The Morgan fingerprint density at radius 3 is 2.94 bits per heavy atom. The van der Waals surface area contributed by atoms with E-state index in [4.69, 9.17) is 0 Å². The molecule has 1 N–H and O–H groups in total. The van der Waals surface area contributed by atoms with Crippen LogP contribution >= 0.6 is 0 Å². The number of aromatic nitrogens is 2. The molecule has 0 spiro atoms. The van der Waals surface area contributed by atoms with Crippen molar-refractivity contribution < 1.29 is 9.50 Å². The van der Waals surface area contributed by atoms with Crippen LogP contribution in [0.4, 0.5) is 4.39 Å². The SMILES string of the molecule is CCCc1nccn1-c1c(F)cccc1CO. The summed E-state index contributed by atoms with van der Waals surface area (Å²) in [5.74, 6) is 0.471. The molecule has 2 aromatic rings. The summed E-state index contributed by atoms with van der Waals surface area (Å²) < 4.78 is 15.6. The van der Waals surface area contributed by atoms with Crippen molar-refractivity contribution in [2.24, 2.45) is 0 Å². The van der Waals surface area contributed by atoms with E-state index >= 15 is 0 Å². The minimum absolute atomic E-state index is 0.184. The highest BCUT2D eigenvalue weighted by atomic mass is 19.1. The monoisotopic (exact) mass is 234 g/mol. The summed E-state index contributed by atoms with van der Waals surface area (Å²) in [6.45, 7) is 1.87. The second-order valence-corrected chi connectivity index (χ2v) is 3.87. The zero-order chi connectivity index (χ0) is 12.3. The van der Waals surface area contributed by atoms with Crippen LogP contribution in [-0.4, -0.2) is 14.7 Å². The van der Waals surface area contributed by atoms with Gasteiger partial charge in [-0.25, -0.2) is 9.37 Å². The van der Waals surface area contributed by atoms with Crippen molar-refractivity contribution in [1.29, 1.82) is 0 Å². The Hall–Kier alpha value is -1.68. The van der Waals surface area contributed by atoms with Crippen LogP contribution in [0.15, 0.2) is 30.6 Å². The van der Waals surface area contributed by atoms with E-state index in [-0.39, 0.29) is 12.4 Å². The maximum atomic E-state index is 13.9. The van der Waals surface area contributed by atoms with E-state index in [1.165, 1.54) is 6.07 Å². The average molecular weight is 234 g/mol. The third-order valence-corrected chi connectivity index (χ3v) is 2.67. The Morgan fingerprint density at radius 2 is 2.24 bits per heavy atom. The van der Waals surface area contributed by atoms with E-state index < -0.39 is 0 Å². The first-order valence-corrected chi connectivity index (χ1v) is 5.68. The number of hydrogen-bond acceptors (Lipinski definition) is 2. The largest absolute Gasteiger partial charge is 0.392 e. The Morgan fingerprint density at radius 1 is 1.41 bits per heavy atom. The molecule has 0 aliphatic rings. The van der Waals surface area contributed by atoms with Gasteiger partial charge >= 0.3 is 0 Å². The van der Waals surface area contributed by atoms with Crippen molar-refractivity contribution in [3.05, 3.63) is 47.8 Å². The minimum atomic E-state index is -0.341. The fraction of sp³-hybridized carbons (Fsp3) is 0.308. The molecule has 0 saturated heterocycles. The van der Waals surface area contributed by atoms with E-state index in [9.17, 15) is 9.50 Å². The molecule has 0 amide bonds. The number of imidazole rings is 1. The molecule has 0 radical (unpaired) electrons. The predicted molar refractivity (Wildman–Crippen MR) is 63.4 cm³/mol. The molecule has 2 rings (SSSR count). The topological polar surface area (TPSA) is 38.0 Å². The van der Waals surface area contributed by atoms with Gasteiger partial charge in [-0.05, 0) is 12.5 Å². The standard InChI is InChI=1S/C13H15FN2O/c1-2-4-12-15-7-8-16(12)13-10(9-17)5-3-6-11(13)14/h3,5-8,17H,2,4,9H2,1H3. The molecule has 0 unspecified atom stereocenters. The number of hydrogen-bond donors (Lipinski definition) is 1. The fourth-order valence-electron chi connectivity index (χ4n) is 1.90. The lowest BCUT2D eigenvalue weighted by atomic mass is 10.1. The summed E-state index contributed by atoms with van der Waals surface area (Å²) in [4.78, 5) is 4.21. The van der Waals surface area contributed by atoms with Crippen LogP contribution < -0.4 is 0 Å². The first kappa shape index (κ1) is 11.8. The lowest BCUT2D eigenvalue weighted by molar-refractivity contribution is 0.281. The van der Waals surface area contributed by atoms with Gasteiger partial charge in [-0.2, -0.15) is 0 Å². The molecule has 1 aromatic carbocycles. The molecule has 1 aromatic heterocycles. The maximum absolute atomic E-state index is 13.9. The molecular weight excluding hydrogens is 219 g/mol. The zero-order valence-corrected chi connectivity index (χ0v) is 9.73. The van der Waals surface area contributed by atoms with Gasteiger partial charge < -0.3 is 9.67 Å². The van der Waals surface area contributed by atoms with E-state index in [0.717, 1.165) is 18.7 Å². The van der Waals surface area contributed by atoms with E-state index in [2.05, 4.69) is 4.98 Å². The van der Waals surface area contributed by atoms with E-state index in [1.807, 2.05) is 6.92 Å². The third-order valence-electron chi connectivity index (χ3n) is 2.67. The van der Waals surface area contributed by atoms with E-state index in [1.54, 1.807) is 29.1 Å². The highest BCUT2D eigenvalue weighted by Crippen LogP contribution is 2.20. The van der Waals surface area contributed by atoms with Crippen LogP contribution in [0.2, 0.25) is 0 Å². The number of aliphatic hydroxyl groups is 1. The van der Waals surface area contributed by atoms with Gasteiger partial charge in [-0.15, -0.1) is 0 Å². The summed E-state index contributed by atoms with van der Waals surface area (Å²) >= 11 is 0. The summed E-state index contributed by atoms with van der Waals surface area (Å²) in [6.07, 6.45) is 5.10. The number of nitrogens with zero attached hydrogens (tertiary/aromatic N) is 2. The predicted octanol–water partition coefficient (Wildman–Crippen LogP) is 2.46. The lowest BCUT2D eigenvalue weighted by Crippen LogP contribution is -2.06. The second-order valence-electron chi connectivity index (χ2n) is 3.87. The van der Waals surface area contributed by atoms with Gasteiger partial charge in [0.1, 0.15) is 11.6 Å². The maximum Gasteiger partial charge on any atom is 0.147 e. The van der Waals surface area contributed by atoms with Crippen molar-refractivity contribution in [3.8, 4) is 5.69 Å². The van der Waals surface area contributed by atoms with Crippen LogP contribution in [0.5, 0.6) is 0 Å². The van der Waals surface area contributed by atoms with Crippen molar-refractivity contribution in [1.82, 2.24) is 9.55 Å². The number of halogens is 1. The van der Waals surface area contributed by atoms with Crippen LogP contribution in [0.3, 0.4) is 0 Å². The van der Waals surface area contributed by atoms with Gasteiger partial charge in [-0.1, -0.05) is 19.1 Å². The highest BCUT2D eigenvalue weighted by Gasteiger charge is 2.12. The van der Waals surface area contributed by atoms with Gasteiger partial charge in [0, 0.05) is 24.4 Å². The van der Waals surface area contributed by atoms with Gasteiger partial charge in [0.25, 0.3) is 0 Å². The fourth-order valence-corrected chi connectivity index (χ4v) is 1.90. The Labute approximate surface area is 99.5 Å². The number of rotatable bonds is 4. The number of benzene rings is 1. The van der Waals surface area contributed by atoms with Crippen LogP contribution in [0, 0.1) is 5.82 Å². The molecular formula is C13H15FN2O. The molecule has 0 atom stereocenters. The molecule has 0 fully saturated rings. The summed E-state index contributed by atoms with van der Waals surface area (Å²) in [7, 11) is 0. The minimum Gasteiger partial charge on any atom is -0.392 e. The lowest BCUT2D eigenvalue weighted by Gasteiger charge is -2.12. The van der Waals surface area contributed by atoms with Crippen molar-refractivity contribution in [3.63, 3.8) is 0 Å². The molecule has 90 valence electrons. The molecule has 0 bridgehead atoms. The van der Waals surface area contributed by atoms with Crippen molar-refractivity contribution in [2.45, 2.75) is 26.4 Å². The van der Waals surface area contributed by atoms with Crippen molar-refractivity contribution in [2.75, 3.05) is 0 Å². The summed E-state index contributed by atoms with van der Waals surface area (Å²) in [5, 5.41) is 9.26. The average Bonchev–Trinajstić information content (AvgIpc) is 2.77. The third kappa shape index (κ3) is 2.22. The van der Waals surface area contributed by atoms with Gasteiger partial charge in [-0.3, -0.25) is 0 Å². The quantitative estimate of drug-likeness (QED) is 0.882. The normalized spacial score (nSPS) is 10.8. The van der Waals surface area contributed by atoms with Gasteiger partial charge in [0.05, 0.1) is 12.3 Å². The first-order chi connectivity index (χ1) is 8.27. The second kappa shape index (κ2) is 5.10. The Bertz CT molecular complexity index is 508. The first-order valence-electron chi connectivity index (χ1n) is 5.68. The molecule has 17 heavy (non-hydrogen) atoms. The van der Waals surface area contributed by atoms with Gasteiger partial charge in [0.2, 0.25) is 0 Å². The summed E-state index contributed by atoms with van der Waals surface area (Å²) in [6, 6.07) is 4.71. The molecule has 1 heterocycles. The van der Waals surface area contributed by atoms with Crippen LogP contribution in [0.25, 0.3) is 5.69 Å². The molecule has 0 aliphatic carbocycles. The number of para-hydroxylation sites is 1. The zero-order valence-electron chi connectivity index (χ0n) is 9.73. The summed E-state index contributed by atoms with van der Waals surface area (Å²) in [5.41, 5.74) is 0.969.